The van der Waals surface area contributed by atoms with Crippen LogP contribution in [0.4, 0.5) is 0 Å². The molecule has 1 aromatic rings. The highest BCUT2D eigenvalue weighted by Gasteiger charge is 2.09. The van der Waals surface area contributed by atoms with Crippen LogP contribution in [0.1, 0.15) is 39.2 Å². The van der Waals surface area contributed by atoms with Crippen molar-refractivity contribution in [3.05, 3.63) is 29.8 Å². The van der Waals surface area contributed by atoms with Gasteiger partial charge in [0.25, 0.3) is 0 Å². The van der Waals surface area contributed by atoms with Crippen LogP contribution in [0, 0.1) is 5.41 Å². The number of nitrogens with two attached hydrogens (primary N) is 1. The number of benzene rings is 1. The Balaban J connectivity index is 2.41. The van der Waals surface area contributed by atoms with Gasteiger partial charge in [-0.3, -0.25) is 0 Å². The van der Waals surface area contributed by atoms with Crippen molar-refractivity contribution in [2.45, 2.75) is 40.0 Å². The molecule has 0 bridgehead atoms. The molecule has 96 valence electrons. The second-order valence-corrected chi connectivity index (χ2v) is 5.66. The Bertz CT molecular complexity index is 328. The quantitative estimate of drug-likeness (QED) is 0.767. The zero-order valence-electron chi connectivity index (χ0n) is 11.3. The van der Waals surface area contributed by atoms with E-state index in [-0.39, 0.29) is 0 Å². The van der Waals surface area contributed by atoms with Gasteiger partial charge in [-0.2, -0.15) is 0 Å². The standard InChI is InChI=1S/C15H25NO/c1-15(2,3)10-6-12-17-14-8-5-4-7-13(14)9-11-16/h4-5,7-8H,6,9-12,16H2,1-3H3. The maximum absolute atomic E-state index is 5.83. The summed E-state index contributed by atoms with van der Waals surface area (Å²) in [5.41, 5.74) is 7.19. The molecule has 0 saturated carbocycles. The van der Waals surface area contributed by atoms with Crippen molar-refractivity contribution < 1.29 is 4.74 Å². The molecule has 1 aromatic carbocycles. The van der Waals surface area contributed by atoms with Crippen molar-refractivity contribution in [3.63, 3.8) is 0 Å². The van der Waals surface area contributed by atoms with Gasteiger partial charge in [0, 0.05) is 0 Å². The fraction of sp³-hybridized carbons (Fsp3) is 0.600. The molecule has 0 amide bonds. The van der Waals surface area contributed by atoms with Gasteiger partial charge < -0.3 is 10.5 Å². The van der Waals surface area contributed by atoms with Crippen molar-refractivity contribution in [2.75, 3.05) is 13.2 Å². The van der Waals surface area contributed by atoms with E-state index in [0.717, 1.165) is 25.2 Å². The second kappa shape index (κ2) is 6.65. The van der Waals surface area contributed by atoms with E-state index >= 15 is 0 Å². The van der Waals surface area contributed by atoms with Crippen molar-refractivity contribution >= 4 is 0 Å². The number of hydrogen-bond donors (Lipinski definition) is 1. The molecule has 0 saturated heterocycles. The predicted molar refractivity (Wildman–Crippen MR) is 73.4 cm³/mol. The van der Waals surface area contributed by atoms with Crippen molar-refractivity contribution in [1.82, 2.24) is 0 Å². The maximum Gasteiger partial charge on any atom is 0.122 e. The highest BCUT2D eigenvalue weighted by atomic mass is 16.5. The van der Waals surface area contributed by atoms with Crippen LogP contribution in [0.3, 0.4) is 0 Å². The molecule has 1 rings (SSSR count). The summed E-state index contributed by atoms with van der Waals surface area (Å²) in [6.07, 6.45) is 3.17. The molecule has 0 aromatic heterocycles. The Morgan fingerprint density at radius 3 is 2.53 bits per heavy atom. The molecule has 0 unspecified atom stereocenters. The van der Waals surface area contributed by atoms with Gasteiger partial charge in [-0.05, 0) is 42.9 Å². The van der Waals surface area contributed by atoms with E-state index in [1.54, 1.807) is 0 Å². The third-order valence-corrected chi connectivity index (χ3v) is 2.71. The normalized spacial score (nSPS) is 11.5. The molecule has 2 N–H and O–H groups in total. The summed E-state index contributed by atoms with van der Waals surface area (Å²) < 4.78 is 5.83. The van der Waals surface area contributed by atoms with Crippen molar-refractivity contribution in [1.29, 1.82) is 0 Å². The third-order valence-electron chi connectivity index (χ3n) is 2.71. The summed E-state index contributed by atoms with van der Waals surface area (Å²) in [5.74, 6) is 0.992. The first kappa shape index (κ1) is 14.0. The van der Waals surface area contributed by atoms with Gasteiger partial charge in [-0.1, -0.05) is 39.0 Å². The van der Waals surface area contributed by atoms with Crippen LogP contribution in [0.5, 0.6) is 5.75 Å². The van der Waals surface area contributed by atoms with Gasteiger partial charge in [0.1, 0.15) is 5.75 Å². The largest absolute Gasteiger partial charge is 0.493 e. The van der Waals surface area contributed by atoms with Crippen molar-refractivity contribution in [3.8, 4) is 5.75 Å². The van der Waals surface area contributed by atoms with Gasteiger partial charge in [0.05, 0.1) is 6.61 Å². The summed E-state index contributed by atoms with van der Waals surface area (Å²) >= 11 is 0. The van der Waals surface area contributed by atoms with Crippen molar-refractivity contribution in [2.24, 2.45) is 11.1 Å². The van der Waals surface area contributed by atoms with Gasteiger partial charge >= 0.3 is 0 Å². The highest BCUT2D eigenvalue weighted by Crippen LogP contribution is 2.22. The zero-order chi connectivity index (χ0) is 12.7. The zero-order valence-corrected chi connectivity index (χ0v) is 11.3. The van der Waals surface area contributed by atoms with E-state index in [2.05, 4.69) is 26.8 Å². The molecule has 17 heavy (non-hydrogen) atoms. The molecular formula is C15H25NO. The van der Waals surface area contributed by atoms with E-state index < -0.39 is 0 Å². The first-order chi connectivity index (χ1) is 8.03. The van der Waals surface area contributed by atoms with Gasteiger partial charge in [0.2, 0.25) is 0 Å². The monoisotopic (exact) mass is 235 g/mol. The molecule has 0 spiro atoms. The first-order valence-corrected chi connectivity index (χ1v) is 6.44. The summed E-state index contributed by atoms with van der Waals surface area (Å²) in [4.78, 5) is 0. The maximum atomic E-state index is 5.83. The van der Waals surface area contributed by atoms with E-state index in [0.29, 0.717) is 12.0 Å². The Morgan fingerprint density at radius 1 is 1.18 bits per heavy atom. The Kier molecular flexibility index (Phi) is 5.49. The minimum Gasteiger partial charge on any atom is -0.493 e. The molecular weight excluding hydrogens is 210 g/mol. The second-order valence-electron chi connectivity index (χ2n) is 5.66. The van der Waals surface area contributed by atoms with Gasteiger partial charge in [-0.25, -0.2) is 0 Å². The minimum absolute atomic E-state index is 0.389. The topological polar surface area (TPSA) is 35.2 Å². The third kappa shape index (κ3) is 5.73. The summed E-state index contributed by atoms with van der Waals surface area (Å²) in [6, 6.07) is 8.17. The van der Waals surface area contributed by atoms with E-state index in [9.17, 15) is 0 Å². The Hall–Kier alpha value is -1.02. The molecule has 0 aliphatic rings. The van der Waals surface area contributed by atoms with E-state index in [1.807, 2.05) is 18.2 Å². The van der Waals surface area contributed by atoms with Gasteiger partial charge in [-0.15, -0.1) is 0 Å². The van der Waals surface area contributed by atoms with Crippen LogP contribution < -0.4 is 10.5 Å². The lowest BCUT2D eigenvalue weighted by Crippen LogP contribution is -2.09. The highest BCUT2D eigenvalue weighted by molar-refractivity contribution is 5.33. The lowest BCUT2D eigenvalue weighted by Gasteiger charge is -2.18. The molecule has 0 radical (unpaired) electrons. The SMILES string of the molecule is CC(C)(C)CCCOc1ccccc1CCN. The average Bonchev–Trinajstić information content (AvgIpc) is 2.25. The summed E-state index contributed by atoms with van der Waals surface area (Å²) in [7, 11) is 0. The molecule has 0 atom stereocenters. The van der Waals surface area contributed by atoms with Crippen LogP contribution in [0.25, 0.3) is 0 Å². The van der Waals surface area contributed by atoms with Crippen LogP contribution >= 0.6 is 0 Å². The summed E-state index contributed by atoms with van der Waals surface area (Å²) in [5, 5.41) is 0. The van der Waals surface area contributed by atoms with Crippen LogP contribution in [-0.4, -0.2) is 13.2 Å². The molecule has 2 heteroatoms. The lowest BCUT2D eigenvalue weighted by atomic mass is 9.91. The number of para-hydroxylation sites is 1. The lowest BCUT2D eigenvalue weighted by molar-refractivity contribution is 0.267. The molecule has 0 aliphatic carbocycles. The molecule has 0 heterocycles. The predicted octanol–water partition coefficient (Wildman–Crippen LogP) is 3.39. The number of hydrogen-bond acceptors (Lipinski definition) is 2. The molecule has 0 fully saturated rings. The number of ether oxygens (including phenoxy) is 1. The fourth-order valence-electron chi connectivity index (χ4n) is 1.79. The molecule has 0 aliphatic heterocycles. The van der Waals surface area contributed by atoms with Gasteiger partial charge in [0.15, 0.2) is 0 Å². The van der Waals surface area contributed by atoms with Crippen LogP contribution in [0.15, 0.2) is 24.3 Å². The first-order valence-electron chi connectivity index (χ1n) is 6.44. The van der Waals surface area contributed by atoms with E-state index in [4.69, 9.17) is 10.5 Å². The number of rotatable bonds is 6. The minimum atomic E-state index is 0.389. The average molecular weight is 235 g/mol. The molecule has 2 nitrogen and oxygen atoms in total. The summed E-state index contributed by atoms with van der Waals surface area (Å²) in [6.45, 7) is 8.24. The Morgan fingerprint density at radius 2 is 1.88 bits per heavy atom. The fourth-order valence-corrected chi connectivity index (χ4v) is 1.79. The Labute approximate surface area is 105 Å². The van der Waals surface area contributed by atoms with Crippen LogP contribution in [-0.2, 0) is 6.42 Å². The smallest absolute Gasteiger partial charge is 0.122 e. The van der Waals surface area contributed by atoms with Crippen LogP contribution in [0.2, 0.25) is 0 Å². The van der Waals surface area contributed by atoms with E-state index in [1.165, 1.54) is 12.0 Å².